The zero-order chi connectivity index (χ0) is 15.4. The van der Waals surface area contributed by atoms with Crippen LogP contribution in [0.5, 0.6) is 0 Å². The molecule has 1 aromatic carbocycles. The van der Waals surface area contributed by atoms with E-state index in [2.05, 4.69) is 41.4 Å². The van der Waals surface area contributed by atoms with Crippen molar-refractivity contribution in [2.45, 2.75) is 51.6 Å². The van der Waals surface area contributed by atoms with Crippen LogP contribution in [-0.4, -0.2) is 29.9 Å². The lowest BCUT2D eigenvalue weighted by Crippen LogP contribution is -2.37. The fourth-order valence-electron chi connectivity index (χ4n) is 3.51. The Morgan fingerprint density at radius 1 is 1.27 bits per heavy atom. The molecule has 0 spiro atoms. The standard InChI is InChI=1S/C19H28N2O/c1-15(17-8-5-11-20-13-17)12-19(22)21(18-9-10-18)14-16-6-3-2-4-7-16/h2-4,6-7,15,17-18,20H,5,8-14H2,1H3. The van der Waals surface area contributed by atoms with Crippen LogP contribution in [-0.2, 0) is 11.3 Å². The first-order valence-electron chi connectivity index (χ1n) is 8.78. The van der Waals surface area contributed by atoms with E-state index in [4.69, 9.17) is 0 Å². The molecule has 1 aliphatic carbocycles. The molecule has 1 saturated heterocycles. The van der Waals surface area contributed by atoms with Gasteiger partial charge >= 0.3 is 0 Å². The second-order valence-corrected chi connectivity index (χ2v) is 7.03. The van der Waals surface area contributed by atoms with E-state index in [-0.39, 0.29) is 0 Å². The van der Waals surface area contributed by atoms with Crippen molar-refractivity contribution in [1.82, 2.24) is 10.2 Å². The summed E-state index contributed by atoms with van der Waals surface area (Å²) in [6.45, 7) is 5.25. The van der Waals surface area contributed by atoms with Gasteiger partial charge in [-0.15, -0.1) is 0 Å². The van der Waals surface area contributed by atoms with Crippen molar-refractivity contribution < 1.29 is 4.79 Å². The summed E-state index contributed by atoms with van der Waals surface area (Å²) in [7, 11) is 0. The highest BCUT2D eigenvalue weighted by atomic mass is 16.2. The molecular weight excluding hydrogens is 272 g/mol. The summed E-state index contributed by atoms with van der Waals surface area (Å²) in [6, 6.07) is 10.9. The molecular formula is C19H28N2O. The minimum absolute atomic E-state index is 0.351. The van der Waals surface area contributed by atoms with Crippen molar-refractivity contribution >= 4 is 5.91 Å². The smallest absolute Gasteiger partial charge is 0.223 e. The van der Waals surface area contributed by atoms with E-state index in [1.54, 1.807) is 0 Å². The third-order valence-electron chi connectivity index (χ3n) is 5.14. The van der Waals surface area contributed by atoms with E-state index >= 15 is 0 Å². The van der Waals surface area contributed by atoms with Gasteiger partial charge in [-0.3, -0.25) is 4.79 Å². The van der Waals surface area contributed by atoms with Crippen molar-refractivity contribution in [3.8, 4) is 0 Å². The molecule has 3 heteroatoms. The average molecular weight is 300 g/mol. The lowest BCUT2D eigenvalue weighted by molar-refractivity contribution is -0.133. The number of hydrogen-bond donors (Lipinski definition) is 1. The summed E-state index contributed by atoms with van der Waals surface area (Å²) >= 11 is 0. The summed E-state index contributed by atoms with van der Waals surface area (Å²) in [6.07, 6.45) is 5.58. The quantitative estimate of drug-likeness (QED) is 0.875. The molecule has 120 valence electrons. The minimum atomic E-state index is 0.351. The molecule has 1 N–H and O–H groups in total. The third kappa shape index (κ3) is 4.10. The molecule has 1 saturated carbocycles. The van der Waals surface area contributed by atoms with Crippen LogP contribution in [0.3, 0.4) is 0 Å². The molecule has 2 unspecified atom stereocenters. The molecule has 1 aromatic rings. The zero-order valence-corrected chi connectivity index (χ0v) is 13.6. The van der Waals surface area contributed by atoms with E-state index < -0.39 is 0 Å². The molecule has 0 bridgehead atoms. The third-order valence-corrected chi connectivity index (χ3v) is 5.14. The van der Waals surface area contributed by atoms with Gasteiger partial charge in [0, 0.05) is 19.0 Å². The van der Waals surface area contributed by atoms with Gasteiger partial charge in [0.15, 0.2) is 0 Å². The number of carbonyl (C=O) groups excluding carboxylic acids is 1. The zero-order valence-electron chi connectivity index (χ0n) is 13.6. The molecule has 22 heavy (non-hydrogen) atoms. The first-order valence-corrected chi connectivity index (χ1v) is 8.78. The Balaban J connectivity index is 1.58. The SMILES string of the molecule is CC(CC(=O)N(Cc1ccccc1)C1CC1)C1CCCNC1. The molecule has 3 rings (SSSR count). The van der Waals surface area contributed by atoms with Gasteiger partial charge in [-0.25, -0.2) is 0 Å². The molecule has 1 aliphatic heterocycles. The lowest BCUT2D eigenvalue weighted by atomic mass is 9.85. The molecule has 2 fully saturated rings. The van der Waals surface area contributed by atoms with E-state index in [0.717, 1.165) is 19.6 Å². The first-order chi connectivity index (χ1) is 10.7. The molecule has 3 nitrogen and oxygen atoms in total. The van der Waals surface area contributed by atoms with Gasteiger partial charge in [-0.2, -0.15) is 0 Å². The van der Waals surface area contributed by atoms with Gasteiger partial charge in [0.05, 0.1) is 0 Å². The first kappa shape index (κ1) is 15.5. The van der Waals surface area contributed by atoms with Crippen molar-refractivity contribution in [3.63, 3.8) is 0 Å². The maximum Gasteiger partial charge on any atom is 0.223 e. The molecule has 1 heterocycles. The minimum Gasteiger partial charge on any atom is -0.335 e. The van der Waals surface area contributed by atoms with Crippen LogP contribution in [0.1, 0.15) is 44.6 Å². The average Bonchev–Trinajstić information content (AvgIpc) is 3.39. The largest absolute Gasteiger partial charge is 0.335 e. The topological polar surface area (TPSA) is 32.3 Å². The number of rotatable bonds is 6. The molecule has 2 atom stereocenters. The predicted molar refractivity (Wildman–Crippen MR) is 89.4 cm³/mol. The maximum absolute atomic E-state index is 12.8. The summed E-state index contributed by atoms with van der Waals surface area (Å²) in [5.74, 6) is 1.50. The Labute approximate surface area is 134 Å². The Morgan fingerprint density at radius 2 is 2.05 bits per heavy atom. The van der Waals surface area contributed by atoms with E-state index in [9.17, 15) is 4.79 Å². The molecule has 2 aliphatic rings. The molecule has 1 amide bonds. The van der Waals surface area contributed by atoms with Crippen LogP contribution in [0.2, 0.25) is 0 Å². The normalized spacial score (nSPS) is 23.0. The second kappa shape index (κ2) is 7.28. The molecule has 0 aromatic heterocycles. The van der Waals surface area contributed by atoms with Crippen LogP contribution in [0.4, 0.5) is 0 Å². The summed E-state index contributed by atoms with van der Waals surface area (Å²) in [4.78, 5) is 14.9. The van der Waals surface area contributed by atoms with E-state index in [0.29, 0.717) is 30.2 Å². The van der Waals surface area contributed by atoms with E-state index in [1.807, 2.05) is 6.07 Å². The highest BCUT2D eigenvalue weighted by Gasteiger charge is 2.33. The van der Waals surface area contributed by atoms with Crippen molar-refractivity contribution in [1.29, 1.82) is 0 Å². The van der Waals surface area contributed by atoms with Crippen LogP contribution < -0.4 is 5.32 Å². The monoisotopic (exact) mass is 300 g/mol. The van der Waals surface area contributed by atoms with E-state index in [1.165, 1.54) is 31.2 Å². The van der Waals surface area contributed by atoms with Gasteiger partial charge in [0.1, 0.15) is 0 Å². The highest BCUT2D eigenvalue weighted by molar-refractivity contribution is 5.77. The van der Waals surface area contributed by atoms with Gasteiger partial charge in [-0.05, 0) is 56.2 Å². The van der Waals surface area contributed by atoms with Crippen molar-refractivity contribution in [3.05, 3.63) is 35.9 Å². The fourth-order valence-corrected chi connectivity index (χ4v) is 3.51. The lowest BCUT2D eigenvalue weighted by Gasteiger charge is -2.30. The highest BCUT2D eigenvalue weighted by Crippen LogP contribution is 2.31. The van der Waals surface area contributed by atoms with Crippen LogP contribution >= 0.6 is 0 Å². The Morgan fingerprint density at radius 3 is 2.68 bits per heavy atom. The van der Waals surface area contributed by atoms with Crippen LogP contribution in [0.25, 0.3) is 0 Å². The number of piperidine rings is 1. The Bertz CT molecular complexity index is 477. The Hall–Kier alpha value is -1.35. The maximum atomic E-state index is 12.8. The predicted octanol–water partition coefficient (Wildman–Crippen LogP) is 3.20. The Kier molecular flexibility index (Phi) is 5.14. The second-order valence-electron chi connectivity index (χ2n) is 7.03. The number of benzene rings is 1. The fraction of sp³-hybridized carbons (Fsp3) is 0.632. The number of nitrogens with one attached hydrogen (secondary N) is 1. The van der Waals surface area contributed by atoms with Gasteiger partial charge in [-0.1, -0.05) is 37.3 Å². The van der Waals surface area contributed by atoms with Crippen LogP contribution in [0.15, 0.2) is 30.3 Å². The summed E-state index contributed by atoms with van der Waals surface area (Å²) in [5.41, 5.74) is 1.25. The van der Waals surface area contributed by atoms with Crippen molar-refractivity contribution in [2.24, 2.45) is 11.8 Å². The van der Waals surface area contributed by atoms with Crippen molar-refractivity contribution in [2.75, 3.05) is 13.1 Å². The van der Waals surface area contributed by atoms with Crippen LogP contribution in [0, 0.1) is 11.8 Å². The number of amides is 1. The number of hydrogen-bond acceptors (Lipinski definition) is 2. The number of carbonyl (C=O) groups is 1. The summed E-state index contributed by atoms with van der Waals surface area (Å²) in [5, 5.41) is 3.47. The molecule has 0 radical (unpaired) electrons. The van der Waals surface area contributed by atoms with Gasteiger partial charge in [0.2, 0.25) is 5.91 Å². The number of nitrogens with zero attached hydrogens (tertiary/aromatic N) is 1. The summed E-state index contributed by atoms with van der Waals surface area (Å²) < 4.78 is 0. The van der Waals surface area contributed by atoms with Gasteiger partial charge in [0.25, 0.3) is 0 Å². The van der Waals surface area contributed by atoms with Gasteiger partial charge < -0.3 is 10.2 Å².